The Morgan fingerprint density at radius 2 is 2.07 bits per heavy atom. The van der Waals surface area contributed by atoms with Crippen LogP contribution in [0.1, 0.15) is 27.2 Å². The Bertz CT molecular complexity index is 290. The van der Waals surface area contributed by atoms with Gasteiger partial charge in [0.25, 0.3) is 5.92 Å². The lowest BCUT2D eigenvalue weighted by Gasteiger charge is -2.16. The summed E-state index contributed by atoms with van der Waals surface area (Å²) in [5.74, 6) is -2.48. The lowest BCUT2D eigenvalue weighted by atomic mass is 9.95. The molecule has 1 aliphatic rings. The highest BCUT2D eigenvalue weighted by Gasteiger charge is 2.25. The molecule has 0 saturated carbocycles. The van der Waals surface area contributed by atoms with Crippen molar-refractivity contribution in [1.29, 1.82) is 0 Å². The second kappa shape index (κ2) is 4.07. The van der Waals surface area contributed by atoms with Crippen LogP contribution in [0.15, 0.2) is 35.5 Å². The van der Waals surface area contributed by atoms with Crippen LogP contribution in [0.2, 0.25) is 0 Å². The number of hydrogen-bond donors (Lipinski definition) is 0. The molecule has 0 fully saturated rings. The molecular formula is C12H16F2. The minimum Gasteiger partial charge on any atom is -0.202 e. The molecule has 0 radical (unpaired) electrons. The van der Waals surface area contributed by atoms with Crippen LogP contribution < -0.4 is 0 Å². The molecule has 0 aromatic heterocycles. The Kier molecular flexibility index (Phi) is 3.25. The zero-order valence-electron chi connectivity index (χ0n) is 8.85. The largest absolute Gasteiger partial charge is 0.270 e. The van der Waals surface area contributed by atoms with Gasteiger partial charge in [0, 0.05) is 12.5 Å². The highest BCUT2D eigenvalue weighted by atomic mass is 19.3. The molecule has 1 rings (SSSR count). The summed E-state index contributed by atoms with van der Waals surface area (Å²) in [6.07, 6.45) is 7.77. The van der Waals surface area contributed by atoms with Gasteiger partial charge in [0.15, 0.2) is 0 Å². The maximum atomic E-state index is 13.1. The van der Waals surface area contributed by atoms with E-state index in [-0.39, 0.29) is 11.5 Å². The van der Waals surface area contributed by atoms with Crippen molar-refractivity contribution in [3.63, 3.8) is 0 Å². The maximum absolute atomic E-state index is 13.1. The summed E-state index contributed by atoms with van der Waals surface area (Å²) in [7, 11) is 0. The summed E-state index contributed by atoms with van der Waals surface area (Å²) in [4.78, 5) is 0. The van der Waals surface area contributed by atoms with E-state index in [1.807, 2.05) is 26.0 Å². The van der Waals surface area contributed by atoms with E-state index < -0.39 is 5.92 Å². The number of halogens is 2. The van der Waals surface area contributed by atoms with E-state index in [2.05, 4.69) is 0 Å². The summed E-state index contributed by atoms with van der Waals surface area (Å²) in [5.41, 5.74) is 1.11. The summed E-state index contributed by atoms with van der Waals surface area (Å²) >= 11 is 0. The summed E-state index contributed by atoms with van der Waals surface area (Å²) in [6, 6.07) is 0. The average Bonchev–Trinajstić information content (AvgIpc) is 2.04. The standard InChI is InChI=1S/C12H16F2/c1-9-6-4-5-7-11(8-10(9)2)12(3,13)14/h4,6-9H,5H2,1-3H3/b6-4-,10-8?,11-7-. The first kappa shape index (κ1) is 11.2. The fourth-order valence-corrected chi connectivity index (χ4v) is 1.37. The summed E-state index contributed by atoms with van der Waals surface area (Å²) in [5, 5.41) is 0. The zero-order valence-corrected chi connectivity index (χ0v) is 8.85. The fraction of sp³-hybridized carbons (Fsp3) is 0.500. The van der Waals surface area contributed by atoms with Crippen LogP contribution in [-0.4, -0.2) is 5.92 Å². The van der Waals surface area contributed by atoms with Gasteiger partial charge in [-0.1, -0.05) is 36.8 Å². The highest BCUT2D eigenvalue weighted by Crippen LogP contribution is 2.28. The van der Waals surface area contributed by atoms with Gasteiger partial charge in [0.1, 0.15) is 0 Å². The molecule has 0 bridgehead atoms. The lowest BCUT2D eigenvalue weighted by Crippen LogP contribution is -2.13. The number of rotatable bonds is 1. The smallest absolute Gasteiger partial charge is 0.202 e. The predicted octanol–water partition coefficient (Wildman–Crippen LogP) is 4.11. The normalized spacial score (nSPS) is 29.6. The van der Waals surface area contributed by atoms with Gasteiger partial charge < -0.3 is 0 Å². The number of alkyl halides is 2. The Labute approximate surface area is 84.0 Å². The fourth-order valence-electron chi connectivity index (χ4n) is 1.37. The Morgan fingerprint density at radius 3 is 2.64 bits per heavy atom. The van der Waals surface area contributed by atoms with Crippen molar-refractivity contribution in [2.75, 3.05) is 0 Å². The van der Waals surface area contributed by atoms with Gasteiger partial charge >= 0.3 is 0 Å². The molecule has 1 atom stereocenters. The van der Waals surface area contributed by atoms with Gasteiger partial charge in [-0.15, -0.1) is 0 Å². The van der Waals surface area contributed by atoms with Gasteiger partial charge in [-0.05, 0) is 19.3 Å². The van der Waals surface area contributed by atoms with E-state index >= 15 is 0 Å². The van der Waals surface area contributed by atoms with Crippen LogP contribution >= 0.6 is 0 Å². The molecule has 1 aliphatic carbocycles. The van der Waals surface area contributed by atoms with Crippen molar-refractivity contribution < 1.29 is 8.78 Å². The molecule has 0 nitrogen and oxygen atoms in total. The van der Waals surface area contributed by atoms with Crippen molar-refractivity contribution >= 4 is 0 Å². The molecular weight excluding hydrogens is 182 g/mol. The third-order valence-electron chi connectivity index (χ3n) is 2.51. The van der Waals surface area contributed by atoms with E-state index in [0.29, 0.717) is 6.42 Å². The molecule has 1 unspecified atom stereocenters. The topological polar surface area (TPSA) is 0 Å². The minimum absolute atomic E-state index is 0.131. The summed E-state index contributed by atoms with van der Waals surface area (Å²) in [6.45, 7) is 4.84. The molecule has 0 aliphatic heterocycles. The van der Waals surface area contributed by atoms with E-state index in [4.69, 9.17) is 0 Å². The van der Waals surface area contributed by atoms with E-state index in [0.717, 1.165) is 12.5 Å². The van der Waals surface area contributed by atoms with Crippen LogP contribution in [0.3, 0.4) is 0 Å². The van der Waals surface area contributed by atoms with Crippen LogP contribution in [0.5, 0.6) is 0 Å². The van der Waals surface area contributed by atoms with E-state index in [9.17, 15) is 8.78 Å². The van der Waals surface area contributed by atoms with Gasteiger partial charge in [-0.3, -0.25) is 0 Å². The van der Waals surface area contributed by atoms with Crippen molar-refractivity contribution in [2.45, 2.75) is 33.1 Å². The van der Waals surface area contributed by atoms with Gasteiger partial charge in [-0.2, -0.15) is 0 Å². The first-order valence-electron chi connectivity index (χ1n) is 4.84. The third-order valence-corrected chi connectivity index (χ3v) is 2.51. The SMILES string of the molecule is CC1=C/C(C(C)(F)F)=C/C/C=C\C1C. The van der Waals surface area contributed by atoms with Crippen molar-refractivity contribution in [3.8, 4) is 0 Å². The molecule has 0 aromatic carbocycles. The zero-order chi connectivity index (χ0) is 10.8. The molecule has 0 aromatic rings. The van der Waals surface area contributed by atoms with Gasteiger partial charge in [0.05, 0.1) is 0 Å². The van der Waals surface area contributed by atoms with Gasteiger partial charge in [0.2, 0.25) is 0 Å². The number of allylic oxidation sites excluding steroid dienone is 6. The monoisotopic (exact) mass is 198 g/mol. The molecule has 0 amide bonds. The van der Waals surface area contributed by atoms with Crippen LogP contribution in [0, 0.1) is 5.92 Å². The Balaban J connectivity index is 3.02. The number of hydrogen-bond acceptors (Lipinski definition) is 0. The van der Waals surface area contributed by atoms with Crippen molar-refractivity contribution in [3.05, 3.63) is 35.5 Å². The molecule has 0 N–H and O–H groups in total. The highest BCUT2D eigenvalue weighted by molar-refractivity contribution is 5.32. The first-order chi connectivity index (χ1) is 6.41. The molecule has 78 valence electrons. The van der Waals surface area contributed by atoms with Crippen LogP contribution in [0.4, 0.5) is 8.78 Å². The van der Waals surface area contributed by atoms with Crippen LogP contribution in [-0.2, 0) is 0 Å². The third kappa shape index (κ3) is 2.79. The maximum Gasteiger partial charge on any atom is 0.270 e. The average molecular weight is 198 g/mol. The second-order valence-corrected chi connectivity index (χ2v) is 3.89. The molecule has 2 heteroatoms. The van der Waals surface area contributed by atoms with Crippen molar-refractivity contribution in [1.82, 2.24) is 0 Å². The first-order valence-corrected chi connectivity index (χ1v) is 4.84. The minimum atomic E-state index is -2.73. The lowest BCUT2D eigenvalue weighted by molar-refractivity contribution is 0.0670. The predicted molar refractivity (Wildman–Crippen MR) is 55.4 cm³/mol. The Morgan fingerprint density at radius 1 is 1.43 bits per heavy atom. The summed E-state index contributed by atoms with van der Waals surface area (Å²) < 4.78 is 26.2. The van der Waals surface area contributed by atoms with Crippen LogP contribution in [0.25, 0.3) is 0 Å². The second-order valence-electron chi connectivity index (χ2n) is 3.89. The molecule has 14 heavy (non-hydrogen) atoms. The Hall–Kier alpha value is -0.920. The van der Waals surface area contributed by atoms with E-state index in [1.54, 1.807) is 12.2 Å². The van der Waals surface area contributed by atoms with Gasteiger partial charge in [-0.25, -0.2) is 8.78 Å². The molecule has 0 spiro atoms. The quantitative estimate of drug-likeness (QED) is 0.556. The molecule has 0 heterocycles. The van der Waals surface area contributed by atoms with Crippen molar-refractivity contribution in [2.24, 2.45) is 5.92 Å². The van der Waals surface area contributed by atoms with E-state index in [1.165, 1.54) is 0 Å². The molecule has 0 saturated heterocycles.